The zero-order valence-corrected chi connectivity index (χ0v) is 13.9. The van der Waals surface area contributed by atoms with E-state index in [-0.39, 0.29) is 6.04 Å². The lowest BCUT2D eigenvalue weighted by Crippen LogP contribution is -2.17. The van der Waals surface area contributed by atoms with Crippen LogP contribution >= 0.6 is 0 Å². The Hall–Kier alpha value is -2.24. The summed E-state index contributed by atoms with van der Waals surface area (Å²) in [5.41, 5.74) is 1.55. The Balaban J connectivity index is 1.76. The summed E-state index contributed by atoms with van der Waals surface area (Å²) in [5, 5.41) is 6.43. The van der Waals surface area contributed by atoms with Gasteiger partial charge in [-0.15, -0.1) is 0 Å². The predicted molar refractivity (Wildman–Crippen MR) is 91.1 cm³/mol. The number of nitrogens with zero attached hydrogens (tertiary/aromatic N) is 2. The summed E-state index contributed by atoms with van der Waals surface area (Å²) in [6.45, 7) is 4.48. The normalized spacial score (nSPS) is 15.2. The number of nitrogens with one attached hydrogen (secondary N) is 2. The summed E-state index contributed by atoms with van der Waals surface area (Å²) in [7, 11) is 0. The van der Waals surface area contributed by atoms with Crippen molar-refractivity contribution in [2.24, 2.45) is 0 Å². The van der Waals surface area contributed by atoms with Crippen molar-refractivity contribution in [1.29, 1.82) is 0 Å². The van der Waals surface area contributed by atoms with E-state index in [4.69, 9.17) is 0 Å². The Bertz CT molecular complexity index is 696. The van der Waals surface area contributed by atoms with Crippen molar-refractivity contribution in [3.63, 3.8) is 0 Å². The molecule has 0 aliphatic heterocycles. The van der Waals surface area contributed by atoms with Gasteiger partial charge in [0.15, 0.2) is 0 Å². The monoisotopic (exact) mass is 332 g/mol. The van der Waals surface area contributed by atoms with Crippen LogP contribution in [0.25, 0.3) is 0 Å². The molecule has 0 unspecified atom stereocenters. The minimum Gasteiger partial charge on any atom is -0.366 e. The van der Waals surface area contributed by atoms with Crippen LogP contribution in [0.3, 0.4) is 0 Å². The van der Waals surface area contributed by atoms with E-state index < -0.39 is 11.6 Å². The first-order chi connectivity index (χ1) is 11.5. The maximum atomic E-state index is 13.3. The molecule has 1 aliphatic rings. The van der Waals surface area contributed by atoms with Crippen molar-refractivity contribution >= 4 is 11.8 Å². The van der Waals surface area contributed by atoms with E-state index in [2.05, 4.69) is 34.4 Å². The number of halogens is 2. The summed E-state index contributed by atoms with van der Waals surface area (Å²) in [4.78, 5) is 9.05. The molecule has 6 heteroatoms. The van der Waals surface area contributed by atoms with Gasteiger partial charge < -0.3 is 10.6 Å². The molecule has 1 aromatic heterocycles. The molecule has 2 N–H and O–H groups in total. The molecule has 1 saturated carbocycles. The fourth-order valence-electron chi connectivity index (χ4n) is 2.44. The van der Waals surface area contributed by atoms with Gasteiger partial charge in [-0.1, -0.05) is 6.92 Å². The zero-order chi connectivity index (χ0) is 17.1. The van der Waals surface area contributed by atoms with Gasteiger partial charge in [-0.05, 0) is 43.9 Å². The SMILES string of the molecule is CC[C@@H](C)Nc1nc(NCc2cc(F)cc(F)c2)cc(C2CC2)n1. The molecule has 24 heavy (non-hydrogen) atoms. The highest BCUT2D eigenvalue weighted by Crippen LogP contribution is 2.40. The third-order valence-corrected chi connectivity index (χ3v) is 4.13. The molecule has 1 atom stereocenters. The van der Waals surface area contributed by atoms with Crippen LogP contribution in [0.15, 0.2) is 24.3 Å². The van der Waals surface area contributed by atoms with Gasteiger partial charge in [-0.25, -0.2) is 13.8 Å². The van der Waals surface area contributed by atoms with Crippen LogP contribution in [0, 0.1) is 11.6 Å². The van der Waals surface area contributed by atoms with Gasteiger partial charge in [0, 0.05) is 30.6 Å². The maximum absolute atomic E-state index is 13.3. The average Bonchev–Trinajstić information content (AvgIpc) is 3.36. The quantitative estimate of drug-likeness (QED) is 0.786. The maximum Gasteiger partial charge on any atom is 0.225 e. The summed E-state index contributed by atoms with van der Waals surface area (Å²) >= 11 is 0. The molecule has 3 rings (SSSR count). The molecular weight excluding hydrogens is 310 g/mol. The Morgan fingerprint density at radius 3 is 2.46 bits per heavy atom. The van der Waals surface area contributed by atoms with Crippen LogP contribution in [0.5, 0.6) is 0 Å². The highest BCUT2D eigenvalue weighted by Gasteiger charge is 2.26. The van der Waals surface area contributed by atoms with Crippen LogP contribution in [0.1, 0.15) is 50.3 Å². The van der Waals surface area contributed by atoms with Crippen molar-refractivity contribution in [2.45, 2.75) is 51.6 Å². The van der Waals surface area contributed by atoms with Crippen molar-refractivity contribution in [3.05, 3.63) is 47.2 Å². The highest BCUT2D eigenvalue weighted by atomic mass is 19.1. The van der Waals surface area contributed by atoms with Gasteiger partial charge in [0.25, 0.3) is 0 Å². The van der Waals surface area contributed by atoms with E-state index in [9.17, 15) is 8.78 Å². The average molecular weight is 332 g/mol. The summed E-state index contributed by atoms with van der Waals surface area (Å²) in [6.07, 6.45) is 3.27. The molecule has 1 aromatic carbocycles. The van der Waals surface area contributed by atoms with Gasteiger partial charge in [-0.2, -0.15) is 4.98 Å². The van der Waals surface area contributed by atoms with E-state index in [1.54, 1.807) is 0 Å². The summed E-state index contributed by atoms with van der Waals surface area (Å²) in [6, 6.07) is 5.71. The van der Waals surface area contributed by atoms with Gasteiger partial charge >= 0.3 is 0 Å². The van der Waals surface area contributed by atoms with Crippen LogP contribution in [-0.4, -0.2) is 16.0 Å². The molecule has 2 aromatic rings. The minimum absolute atomic E-state index is 0.282. The third kappa shape index (κ3) is 4.40. The topological polar surface area (TPSA) is 49.8 Å². The second kappa shape index (κ2) is 7.11. The first-order valence-corrected chi connectivity index (χ1v) is 8.38. The molecule has 4 nitrogen and oxygen atoms in total. The number of hydrogen-bond donors (Lipinski definition) is 2. The van der Waals surface area contributed by atoms with Crippen LogP contribution in [0.2, 0.25) is 0 Å². The fraction of sp³-hybridized carbons (Fsp3) is 0.444. The van der Waals surface area contributed by atoms with Crippen molar-refractivity contribution in [2.75, 3.05) is 10.6 Å². The van der Waals surface area contributed by atoms with E-state index in [1.165, 1.54) is 12.1 Å². The number of rotatable bonds is 7. The molecule has 0 radical (unpaired) electrons. The molecule has 0 amide bonds. The van der Waals surface area contributed by atoms with E-state index in [1.807, 2.05) is 6.07 Å². The first kappa shape index (κ1) is 16.6. The molecule has 1 heterocycles. The van der Waals surface area contributed by atoms with Crippen LogP contribution in [-0.2, 0) is 6.54 Å². The lowest BCUT2D eigenvalue weighted by Gasteiger charge is -2.14. The molecule has 0 saturated heterocycles. The predicted octanol–water partition coefficient (Wildman–Crippen LogP) is 4.45. The van der Waals surface area contributed by atoms with Crippen molar-refractivity contribution in [3.8, 4) is 0 Å². The lowest BCUT2D eigenvalue weighted by molar-refractivity contribution is 0.580. The largest absolute Gasteiger partial charge is 0.366 e. The van der Waals surface area contributed by atoms with Gasteiger partial charge in [-0.3, -0.25) is 0 Å². The second-order valence-electron chi connectivity index (χ2n) is 6.36. The Kier molecular flexibility index (Phi) is 4.92. The highest BCUT2D eigenvalue weighted by molar-refractivity contribution is 5.45. The molecule has 0 spiro atoms. The van der Waals surface area contributed by atoms with E-state index in [0.29, 0.717) is 29.8 Å². The van der Waals surface area contributed by atoms with Crippen molar-refractivity contribution in [1.82, 2.24) is 9.97 Å². The summed E-state index contributed by atoms with van der Waals surface area (Å²) in [5.74, 6) is 0.612. The van der Waals surface area contributed by atoms with E-state index >= 15 is 0 Å². The minimum atomic E-state index is -0.577. The van der Waals surface area contributed by atoms with Crippen LogP contribution < -0.4 is 10.6 Å². The van der Waals surface area contributed by atoms with Crippen molar-refractivity contribution < 1.29 is 8.78 Å². The van der Waals surface area contributed by atoms with E-state index in [0.717, 1.165) is 31.0 Å². The van der Waals surface area contributed by atoms with Gasteiger partial charge in [0.1, 0.15) is 17.5 Å². The van der Waals surface area contributed by atoms with Crippen LogP contribution in [0.4, 0.5) is 20.5 Å². The Morgan fingerprint density at radius 1 is 1.12 bits per heavy atom. The summed E-state index contributed by atoms with van der Waals surface area (Å²) < 4.78 is 26.6. The second-order valence-corrected chi connectivity index (χ2v) is 6.36. The molecular formula is C18H22F2N4. The molecule has 128 valence electrons. The van der Waals surface area contributed by atoms with Gasteiger partial charge in [0.05, 0.1) is 5.69 Å². The number of benzene rings is 1. The lowest BCUT2D eigenvalue weighted by atomic mass is 10.2. The zero-order valence-electron chi connectivity index (χ0n) is 13.9. The fourth-order valence-corrected chi connectivity index (χ4v) is 2.44. The molecule has 0 bridgehead atoms. The number of aromatic nitrogens is 2. The first-order valence-electron chi connectivity index (χ1n) is 8.38. The third-order valence-electron chi connectivity index (χ3n) is 4.13. The number of anilines is 2. The molecule has 1 fully saturated rings. The Morgan fingerprint density at radius 2 is 1.83 bits per heavy atom. The van der Waals surface area contributed by atoms with Gasteiger partial charge in [0.2, 0.25) is 5.95 Å². The standard InChI is InChI=1S/C18H22F2N4/c1-3-11(2)22-18-23-16(13-4-5-13)9-17(24-18)21-10-12-6-14(19)8-15(20)7-12/h6-9,11,13H,3-5,10H2,1-2H3,(H2,21,22,23,24)/t11-/m1/s1. The smallest absolute Gasteiger partial charge is 0.225 e. The molecule has 1 aliphatic carbocycles. The number of hydrogen-bond acceptors (Lipinski definition) is 4. The Labute approximate surface area is 140 Å².